The monoisotopic (exact) mass is 264 g/mol. The lowest BCUT2D eigenvalue weighted by atomic mass is 10.1. The van der Waals surface area contributed by atoms with E-state index in [1.165, 1.54) is 44.3 Å². The third-order valence-corrected chi connectivity index (χ3v) is 4.03. The summed E-state index contributed by atoms with van der Waals surface area (Å²) >= 11 is 6.07. The number of rotatable bonds is 6. The van der Waals surface area contributed by atoms with Crippen LogP contribution in [0.4, 0.5) is 5.69 Å². The highest BCUT2D eigenvalue weighted by molar-refractivity contribution is 6.30. The smallest absolute Gasteiger partial charge is 0.0429 e. The number of halogens is 1. The number of benzene rings is 1. The lowest BCUT2D eigenvalue weighted by Crippen LogP contribution is -2.27. The fourth-order valence-electron chi connectivity index (χ4n) is 2.56. The molecule has 0 bridgehead atoms. The quantitative estimate of drug-likeness (QED) is 0.797. The van der Waals surface area contributed by atoms with E-state index in [4.69, 9.17) is 17.3 Å². The fourth-order valence-corrected chi connectivity index (χ4v) is 2.83. The van der Waals surface area contributed by atoms with E-state index >= 15 is 0 Å². The summed E-state index contributed by atoms with van der Waals surface area (Å²) in [5, 5.41) is 0.753. The SMILES string of the molecule is Nc1cc(Cl)cc(CN(CC2CC2)CC2CC2)c1. The first-order valence-electron chi connectivity index (χ1n) is 6.96. The van der Waals surface area contributed by atoms with Gasteiger partial charge < -0.3 is 5.73 Å². The highest BCUT2D eigenvalue weighted by Gasteiger charge is 2.29. The Morgan fingerprint density at radius 2 is 1.67 bits per heavy atom. The van der Waals surface area contributed by atoms with Crippen molar-refractivity contribution in [1.82, 2.24) is 4.90 Å². The van der Waals surface area contributed by atoms with Crippen molar-refractivity contribution >= 4 is 17.3 Å². The van der Waals surface area contributed by atoms with Crippen LogP contribution in [-0.2, 0) is 6.54 Å². The average molecular weight is 265 g/mol. The summed E-state index contributed by atoms with van der Waals surface area (Å²) in [5.41, 5.74) is 7.88. The Morgan fingerprint density at radius 1 is 1.06 bits per heavy atom. The van der Waals surface area contributed by atoms with E-state index in [1.807, 2.05) is 12.1 Å². The van der Waals surface area contributed by atoms with Crippen LogP contribution in [0.15, 0.2) is 18.2 Å². The van der Waals surface area contributed by atoms with Crippen LogP contribution in [-0.4, -0.2) is 18.0 Å². The zero-order valence-electron chi connectivity index (χ0n) is 10.7. The van der Waals surface area contributed by atoms with E-state index in [9.17, 15) is 0 Å². The molecule has 0 atom stereocenters. The van der Waals surface area contributed by atoms with Crippen LogP contribution in [0.25, 0.3) is 0 Å². The third-order valence-electron chi connectivity index (χ3n) is 3.81. The molecule has 0 spiro atoms. The number of nitrogens with two attached hydrogens (primary N) is 1. The fraction of sp³-hybridized carbons (Fsp3) is 0.600. The number of nitrogen functional groups attached to an aromatic ring is 1. The maximum absolute atomic E-state index is 6.07. The maximum Gasteiger partial charge on any atom is 0.0429 e. The van der Waals surface area contributed by atoms with E-state index in [0.717, 1.165) is 29.1 Å². The molecule has 0 amide bonds. The van der Waals surface area contributed by atoms with Crippen LogP contribution < -0.4 is 5.73 Å². The van der Waals surface area contributed by atoms with Crippen LogP contribution >= 0.6 is 11.6 Å². The number of hydrogen-bond acceptors (Lipinski definition) is 2. The zero-order chi connectivity index (χ0) is 12.5. The second-order valence-corrected chi connectivity index (χ2v) is 6.41. The van der Waals surface area contributed by atoms with E-state index in [2.05, 4.69) is 11.0 Å². The minimum absolute atomic E-state index is 0.753. The van der Waals surface area contributed by atoms with Gasteiger partial charge in [0.1, 0.15) is 0 Å². The van der Waals surface area contributed by atoms with Gasteiger partial charge in [0.2, 0.25) is 0 Å². The van der Waals surface area contributed by atoms with Crippen molar-refractivity contribution in [3.63, 3.8) is 0 Å². The molecule has 98 valence electrons. The van der Waals surface area contributed by atoms with Crippen LogP contribution in [0.2, 0.25) is 5.02 Å². The summed E-state index contributed by atoms with van der Waals surface area (Å²) in [6.45, 7) is 3.50. The van der Waals surface area contributed by atoms with E-state index in [-0.39, 0.29) is 0 Å². The normalized spacial score (nSPS) is 19.4. The van der Waals surface area contributed by atoms with E-state index in [0.29, 0.717) is 0 Å². The summed E-state index contributed by atoms with van der Waals surface area (Å²) in [5.74, 6) is 1.89. The summed E-state index contributed by atoms with van der Waals surface area (Å²) in [6, 6.07) is 5.92. The van der Waals surface area contributed by atoms with Gasteiger partial charge in [0.15, 0.2) is 0 Å². The van der Waals surface area contributed by atoms with Crippen molar-refractivity contribution in [1.29, 1.82) is 0 Å². The molecule has 1 aromatic rings. The molecule has 0 aromatic heterocycles. The molecule has 0 unspecified atom stereocenters. The third kappa shape index (κ3) is 3.63. The van der Waals surface area contributed by atoms with Crippen LogP contribution in [0.5, 0.6) is 0 Å². The molecular weight excluding hydrogens is 244 g/mol. The number of hydrogen-bond donors (Lipinski definition) is 1. The second-order valence-electron chi connectivity index (χ2n) is 5.97. The Morgan fingerprint density at radius 3 is 2.17 bits per heavy atom. The summed E-state index contributed by atoms with van der Waals surface area (Å²) in [6.07, 6.45) is 5.66. The Bertz CT molecular complexity index is 390. The molecule has 2 fully saturated rings. The van der Waals surface area contributed by atoms with Gasteiger partial charge in [-0.3, -0.25) is 4.90 Å². The Hall–Kier alpha value is -0.730. The van der Waals surface area contributed by atoms with Crippen molar-refractivity contribution in [3.05, 3.63) is 28.8 Å². The molecular formula is C15H21ClN2. The molecule has 2 N–H and O–H groups in total. The molecule has 2 nitrogen and oxygen atoms in total. The molecule has 0 radical (unpaired) electrons. The van der Waals surface area contributed by atoms with E-state index < -0.39 is 0 Å². The molecule has 2 aliphatic carbocycles. The Labute approximate surface area is 114 Å². The largest absolute Gasteiger partial charge is 0.399 e. The number of nitrogens with zero attached hydrogens (tertiary/aromatic N) is 1. The highest BCUT2D eigenvalue weighted by atomic mass is 35.5. The van der Waals surface area contributed by atoms with Crippen molar-refractivity contribution in [2.45, 2.75) is 32.2 Å². The molecule has 2 saturated carbocycles. The Kier molecular flexibility index (Phi) is 3.49. The first-order valence-corrected chi connectivity index (χ1v) is 7.34. The molecule has 3 heteroatoms. The second kappa shape index (κ2) is 5.10. The molecule has 2 aliphatic rings. The maximum atomic E-state index is 6.07. The molecule has 0 heterocycles. The van der Waals surface area contributed by atoms with E-state index in [1.54, 1.807) is 0 Å². The van der Waals surface area contributed by atoms with Gasteiger partial charge in [-0.05, 0) is 61.3 Å². The first-order chi connectivity index (χ1) is 8.69. The molecule has 0 saturated heterocycles. The molecule has 0 aliphatic heterocycles. The van der Waals surface area contributed by atoms with Gasteiger partial charge in [-0.2, -0.15) is 0 Å². The van der Waals surface area contributed by atoms with Crippen LogP contribution in [0, 0.1) is 11.8 Å². The minimum Gasteiger partial charge on any atom is -0.399 e. The van der Waals surface area contributed by atoms with Crippen molar-refractivity contribution in [3.8, 4) is 0 Å². The van der Waals surface area contributed by atoms with Gasteiger partial charge in [-0.25, -0.2) is 0 Å². The van der Waals surface area contributed by atoms with Crippen LogP contribution in [0.1, 0.15) is 31.2 Å². The van der Waals surface area contributed by atoms with Crippen molar-refractivity contribution in [2.24, 2.45) is 11.8 Å². The Balaban J connectivity index is 1.65. The predicted octanol–water partition coefficient (Wildman–Crippen LogP) is 3.54. The standard InChI is InChI=1S/C15H21ClN2/c16-14-5-13(6-15(17)7-14)10-18(8-11-1-2-11)9-12-3-4-12/h5-7,11-12H,1-4,8-10,17H2. The lowest BCUT2D eigenvalue weighted by Gasteiger charge is -2.22. The highest BCUT2D eigenvalue weighted by Crippen LogP contribution is 2.34. The van der Waals surface area contributed by atoms with Gasteiger partial charge >= 0.3 is 0 Å². The summed E-state index contributed by atoms with van der Waals surface area (Å²) in [7, 11) is 0. The zero-order valence-corrected chi connectivity index (χ0v) is 11.5. The first kappa shape index (κ1) is 12.3. The lowest BCUT2D eigenvalue weighted by molar-refractivity contribution is 0.244. The molecule has 3 rings (SSSR count). The summed E-state index contributed by atoms with van der Waals surface area (Å²) in [4.78, 5) is 2.60. The van der Waals surface area contributed by atoms with Gasteiger partial charge in [-0.15, -0.1) is 0 Å². The van der Waals surface area contributed by atoms with Gasteiger partial charge in [0.25, 0.3) is 0 Å². The van der Waals surface area contributed by atoms with Crippen molar-refractivity contribution < 1.29 is 0 Å². The van der Waals surface area contributed by atoms with Gasteiger partial charge in [0.05, 0.1) is 0 Å². The molecule has 1 aromatic carbocycles. The minimum atomic E-state index is 0.753. The number of anilines is 1. The van der Waals surface area contributed by atoms with Gasteiger partial charge in [0, 0.05) is 30.3 Å². The predicted molar refractivity (Wildman–Crippen MR) is 76.6 cm³/mol. The molecule has 18 heavy (non-hydrogen) atoms. The topological polar surface area (TPSA) is 29.3 Å². The summed E-state index contributed by atoms with van der Waals surface area (Å²) < 4.78 is 0. The van der Waals surface area contributed by atoms with Crippen LogP contribution in [0.3, 0.4) is 0 Å². The average Bonchev–Trinajstić information content (AvgIpc) is 3.11. The van der Waals surface area contributed by atoms with Gasteiger partial charge in [-0.1, -0.05) is 11.6 Å². The van der Waals surface area contributed by atoms with Crippen molar-refractivity contribution in [2.75, 3.05) is 18.8 Å².